The average Bonchev–Trinajstić information content (AvgIpc) is 3.07. The number of benzene rings is 1. The van der Waals surface area contributed by atoms with E-state index in [4.69, 9.17) is 9.47 Å². The third-order valence-corrected chi connectivity index (χ3v) is 3.43. The highest BCUT2D eigenvalue weighted by Crippen LogP contribution is 2.33. The number of nitrogens with one attached hydrogen (secondary N) is 1. The first-order valence-corrected chi connectivity index (χ1v) is 7.14. The fourth-order valence-corrected chi connectivity index (χ4v) is 2.38. The zero-order valence-electron chi connectivity index (χ0n) is 12.7. The lowest BCUT2D eigenvalue weighted by Crippen LogP contribution is -2.42. The van der Waals surface area contributed by atoms with Crippen LogP contribution in [0.4, 0.5) is 0 Å². The van der Waals surface area contributed by atoms with E-state index in [-0.39, 0.29) is 11.9 Å². The van der Waals surface area contributed by atoms with Crippen LogP contribution in [0.15, 0.2) is 24.3 Å². The molecule has 0 saturated carbocycles. The van der Waals surface area contributed by atoms with Crippen LogP contribution >= 0.6 is 0 Å². The van der Waals surface area contributed by atoms with Gasteiger partial charge in [0.15, 0.2) is 11.5 Å². The lowest BCUT2D eigenvalue weighted by atomic mass is 10.3. The van der Waals surface area contributed by atoms with E-state index in [9.17, 15) is 4.79 Å². The summed E-state index contributed by atoms with van der Waals surface area (Å²) in [5.41, 5.74) is 0. The van der Waals surface area contributed by atoms with E-state index in [1.165, 1.54) is 0 Å². The highest BCUT2D eigenvalue weighted by molar-refractivity contribution is 5.81. The van der Waals surface area contributed by atoms with E-state index < -0.39 is 6.29 Å². The van der Waals surface area contributed by atoms with Gasteiger partial charge in [-0.3, -0.25) is 4.79 Å². The Morgan fingerprint density at radius 3 is 2.50 bits per heavy atom. The Kier molecular flexibility index (Phi) is 3.70. The summed E-state index contributed by atoms with van der Waals surface area (Å²) in [4.78, 5) is 16.4. The SMILES string of the molecule is Cc1nc(C)n([C@@H](C)CNC(=O)C2Oc3ccccc3O2)n1. The molecule has 1 amide bonds. The van der Waals surface area contributed by atoms with Gasteiger partial charge >= 0.3 is 12.2 Å². The molecule has 0 bridgehead atoms. The fraction of sp³-hybridized carbons (Fsp3) is 0.400. The molecule has 2 heterocycles. The first-order chi connectivity index (χ1) is 10.5. The standard InChI is InChI=1S/C15H18N4O3/c1-9(19-11(3)17-10(2)18-19)8-16-14(20)15-21-12-6-4-5-7-13(12)22-15/h4-7,9,15H,8H2,1-3H3,(H,16,20)/t9-/m0/s1. The van der Waals surface area contributed by atoms with Gasteiger partial charge in [-0.2, -0.15) is 5.10 Å². The van der Waals surface area contributed by atoms with Crippen molar-refractivity contribution in [2.45, 2.75) is 33.1 Å². The zero-order chi connectivity index (χ0) is 15.7. The molecule has 116 valence electrons. The summed E-state index contributed by atoms with van der Waals surface area (Å²) in [5, 5.41) is 7.13. The fourth-order valence-electron chi connectivity index (χ4n) is 2.38. The van der Waals surface area contributed by atoms with Crippen molar-refractivity contribution in [1.29, 1.82) is 0 Å². The van der Waals surface area contributed by atoms with E-state index in [2.05, 4.69) is 15.4 Å². The summed E-state index contributed by atoms with van der Waals surface area (Å²) in [6.45, 7) is 6.11. The van der Waals surface area contributed by atoms with Crippen LogP contribution in [0.2, 0.25) is 0 Å². The number of nitrogens with zero attached hydrogens (tertiary/aromatic N) is 3. The smallest absolute Gasteiger partial charge is 0.321 e. The van der Waals surface area contributed by atoms with Crippen LogP contribution in [0.3, 0.4) is 0 Å². The topological polar surface area (TPSA) is 78.3 Å². The molecule has 1 atom stereocenters. The predicted molar refractivity (Wildman–Crippen MR) is 78.7 cm³/mol. The molecule has 3 rings (SSSR count). The molecule has 7 heteroatoms. The van der Waals surface area contributed by atoms with Crippen LogP contribution in [0.1, 0.15) is 24.6 Å². The van der Waals surface area contributed by atoms with Gasteiger partial charge in [-0.1, -0.05) is 12.1 Å². The number of rotatable bonds is 4. The molecule has 1 aliphatic heterocycles. The minimum Gasteiger partial charge on any atom is -0.442 e. The number of aromatic nitrogens is 3. The van der Waals surface area contributed by atoms with Gasteiger partial charge in [0, 0.05) is 6.54 Å². The van der Waals surface area contributed by atoms with Gasteiger partial charge in [0.2, 0.25) is 0 Å². The Labute approximate surface area is 128 Å². The molecule has 1 aromatic carbocycles. The summed E-state index contributed by atoms with van der Waals surface area (Å²) < 4.78 is 12.7. The maximum Gasteiger partial charge on any atom is 0.321 e. The van der Waals surface area contributed by atoms with Crippen LogP contribution < -0.4 is 14.8 Å². The normalized spacial score (nSPS) is 14.9. The molecule has 0 aliphatic carbocycles. The first-order valence-electron chi connectivity index (χ1n) is 7.14. The van der Waals surface area contributed by atoms with Crippen LogP contribution in [-0.2, 0) is 4.79 Å². The van der Waals surface area contributed by atoms with Crippen LogP contribution in [0.5, 0.6) is 11.5 Å². The molecule has 0 fully saturated rings. The number of aryl methyl sites for hydroxylation is 2. The van der Waals surface area contributed by atoms with Crippen molar-refractivity contribution >= 4 is 5.91 Å². The summed E-state index contributed by atoms with van der Waals surface area (Å²) in [7, 11) is 0. The van der Waals surface area contributed by atoms with Crippen molar-refractivity contribution in [3.8, 4) is 11.5 Å². The van der Waals surface area contributed by atoms with Gasteiger partial charge in [0.05, 0.1) is 6.04 Å². The predicted octanol–water partition coefficient (Wildman–Crippen LogP) is 1.37. The van der Waals surface area contributed by atoms with E-state index >= 15 is 0 Å². The highest BCUT2D eigenvalue weighted by atomic mass is 16.7. The summed E-state index contributed by atoms with van der Waals surface area (Å²) in [6.07, 6.45) is -0.942. The Morgan fingerprint density at radius 2 is 1.95 bits per heavy atom. The quantitative estimate of drug-likeness (QED) is 0.923. The van der Waals surface area contributed by atoms with Crippen molar-refractivity contribution in [1.82, 2.24) is 20.1 Å². The number of amides is 1. The second kappa shape index (κ2) is 5.67. The molecule has 7 nitrogen and oxygen atoms in total. The van der Waals surface area contributed by atoms with Gasteiger partial charge in [0.25, 0.3) is 0 Å². The first kappa shape index (κ1) is 14.4. The molecule has 1 aromatic heterocycles. The molecule has 1 aliphatic rings. The van der Waals surface area contributed by atoms with E-state index in [1.807, 2.05) is 32.9 Å². The number of fused-ring (bicyclic) bond motifs is 1. The molecule has 0 unspecified atom stereocenters. The Bertz CT molecular complexity index is 673. The minimum absolute atomic E-state index is 0.00562. The van der Waals surface area contributed by atoms with Crippen molar-refractivity contribution in [2.24, 2.45) is 0 Å². The van der Waals surface area contributed by atoms with Gasteiger partial charge in [-0.25, -0.2) is 9.67 Å². The minimum atomic E-state index is -0.942. The number of hydrogen-bond donors (Lipinski definition) is 1. The highest BCUT2D eigenvalue weighted by Gasteiger charge is 2.30. The van der Waals surface area contributed by atoms with E-state index in [0.717, 1.165) is 5.82 Å². The molecule has 22 heavy (non-hydrogen) atoms. The van der Waals surface area contributed by atoms with Crippen molar-refractivity contribution < 1.29 is 14.3 Å². The van der Waals surface area contributed by atoms with Crippen LogP contribution in [0, 0.1) is 13.8 Å². The van der Waals surface area contributed by atoms with E-state index in [1.54, 1.807) is 16.8 Å². The lowest BCUT2D eigenvalue weighted by Gasteiger charge is -2.16. The van der Waals surface area contributed by atoms with E-state index in [0.29, 0.717) is 23.9 Å². The molecule has 1 N–H and O–H groups in total. The van der Waals surface area contributed by atoms with Gasteiger partial charge < -0.3 is 14.8 Å². The Balaban J connectivity index is 1.56. The van der Waals surface area contributed by atoms with Crippen molar-refractivity contribution in [2.75, 3.05) is 6.54 Å². The van der Waals surface area contributed by atoms with Crippen LogP contribution in [0.25, 0.3) is 0 Å². The second-order valence-corrected chi connectivity index (χ2v) is 5.26. The maximum atomic E-state index is 12.1. The van der Waals surface area contributed by atoms with Gasteiger partial charge in [0.1, 0.15) is 11.6 Å². The number of carbonyl (C=O) groups is 1. The zero-order valence-corrected chi connectivity index (χ0v) is 12.7. The van der Waals surface area contributed by atoms with Gasteiger partial charge in [-0.05, 0) is 32.9 Å². The molecule has 0 radical (unpaired) electrons. The van der Waals surface area contributed by atoms with Gasteiger partial charge in [-0.15, -0.1) is 0 Å². The molecule has 2 aromatic rings. The molecule has 0 spiro atoms. The molecular weight excluding hydrogens is 284 g/mol. The van der Waals surface area contributed by atoms with Crippen molar-refractivity contribution in [3.63, 3.8) is 0 Å². The largest absolute Gasteiger partial charge is 0.442 e. The summed E-state index contributed by atoms with van der Waals surface area (Å²) in [6, 6.07) is 7.20. The lowest BCUT2D eigenvalue weighted by molar-refractivity contribution is -0.136. The number of carbonyl (C=O) groups excluding carboxylic acids is 1. The average molecular weight is 302 g/mol. The Morgan fingerprint density at radius 1 is 1.32 bits per heavy atom. The number of ether oxygens (including phenoxy) is 2. The third kappa shape index (κ3) is 2.74. The number of para-hydroxylation sites is 2. The number of hydrogen-bond acceptors (Lipinski definition) is 5. The molecule has 0 saturated heterocycles. The third-order valence-electron chi connectivity index (χ3n) is 3.43. The summed E-state index contributed by atoms with van der Waals surface area (Å²) >= 11 is 0. The molecular formula is C15H18N4O3. The monoisotopic (exact) mass is 302 g/mol. The summed E-state index contributed by atoms with van der Waals surface area (Å²) in [5.74, 6) is 2.39. The Hall–Kier alpha value is -2.57. The maximum absolute atomic E-state index is 12.1. The second-order valence-electron chi connectivity index (χ2n) is 5.26. The van der Waals surface area contributed by atoms with Crippen LogP contribution in [-0.4, -0.2) is 33.5 Å². The van der Waals surface area contributed by atoms with Crippen molar-refractivity contribution in [3.05, 3.63) is 35.9 Å².